The maximum atomic E-state index is 13.0. The number of hydrogen-bond donors (Lipinski definition) is 1. The highest BCUT2D eigenvalue weighted by molar-refractivity contribution is 7.89. The number of rotatable bonds is 8. The van der Waals surface area contributed by atoms with Gasteiger partial charge in [-0.15, -0.1) is 0 Å². The van der Waals surface area contributed by atoms with E-state index in [1.807, 2.05) is 38.4 Å². The molecule has 0 atom stereocenters. The van der Waals surface area contributed by atoms with Gasteiger partial charge in [-0.25, -0.2) is 22.5 Å². The zero-order valence-electron chi connectivity index (χ0n) is 15.4. The van der Waals surface area contributed by atoms with Gasteiger partial charge in [-0.1, -0.05) is 12.1 Å². The number of imidazole rings is 1. The molecular weight excluding hydrogens is 367 g/mol. The molecule has 0 amide bonds. The molecule has 8 heteroatoms. The molecule has 6 nitrogen and oxygen atoms in total. The molecule has 3 rings (SSSR count). The minimum absolute atomic E-state index is 0.0463. The van der Waals surface area contributed by atoms with Crippen LogP contribution in [0.4, 0.5) is 4.39 Å². The number of sulfonamides is 1. The third-order valence-corrected chi connectivity index (χ3v) is 5.75. The van der Waals surface area contributed by atoms with E-state index in [1.54, 1.807) is 0 Å². The third-order valence-electron chi connectivity index (χ3n) is 4.27. The number of likely N-dealkylation sites (N-methyl/N-ethyl adjacent to an activating group) is 1. The van der Waals surface area contributed by atoms with Crippen molar-refractivity contribution in [2.45, 2.75) is 17.9 Å². The van der Waals surface area contributed by atoms with Gasteiger partial charge < -0.3 is 9.47 Å². The summed E-state index contributed by atoms with van der Waals surface area (Å²) in [5.41, 5.74) is 1.93. The molecule has 27 heavy (non-hydrogen) atoms. The quantitative estimate of drug-likeness (QED) is 0.641. The molecular formula is C19H23FN4O2S. The average Bonchev–Trinajstić information content (AvgIpc) is 2.97. The lowest BCUT2D eigenvalue weighted by atomic mass is 10.3. The Morgan fingerprint density at radius 3 is 2.52 bits per heavy atom. The van der Waals surface area contributed by atoms with E-state index < -0.39 is 15.8 Å². The number of halogens is 1. The summed E-state index contributed by atoms with van der Waals surface area (Å²) in [6.07, 6.45) is 0.461. The van der Waals surface area contributed by atoms with Crippen LogP contribution in [-0.4, -0.2) is 50.1 Å². The Morgan fingerprint density at radius 2 is 1.81 bits per heavy atom. The molecule has 0 unspecified atom stereocenters. The summed E-state index contributed by atoms with van der Waals surface area (Å²) >= 11 is 0. The molecule has 2 aromatic carbocycles. The van der Waals surface area contributed by atoms with Crippen LogP contribution in [0.2, 0.25) is 0 Å². The Morgan fingerprint density at radius 1 is 1.11 bits per heavy atom. The van der Waals surface area contributed by atoms with E-state index >= 15 is 0 Å². The zero-order valence-corrected chi connectivity index (χ0v) is 16.2. The highest BCUT2D eigenvalue weighted by Gasteiger charge is 2.15. The van der Waals surface area contributed by atoms with Crippen LogP contribution in [0.1, 0.15) is 5.82 Å². The van der Waals surface area contributed by atoms with Crippen LogP contribution in [-0.2, 0) is 23.0 Å². The van der Waals surface area contributed by atoms with Crippen LogP contribution >= 0.6 is 0 Å². The molecule has 0 radical (unpaired) electrons. The second-order valence-corrected chi connectivity index (χ2v) is 8.34. The molecule has 0 saturated carbocycles. The first-order valence-corrected chi connectivity index (χ1v) is 10.2. The van der Waals surface area contributed by atoms with Crippen LogP contribution < -0.4 is 4.72 Å². The van der Waals surface area contributed by atoms with Crippen LogP contribution in [0.25, 0.3) is 11.0 Å². The van der Waals surface area contributed by atoms with Crippen molar-refractivity contribution in [3.8, 4) is 0 Å². The fourth-order valence-electron chi connectivity index (χ4n) is 2.86. The summed E-state index contributed by atoms with van der Waals surface area (Å²) in [7, 11) is 0.341. The first kappa shape index (κ1) is 19.5. The van der Waals surface area contributed by atoms with Gasteiger partial charge in [-0.3, -0.25) is 0 Å². The van der Waals surface area contributed by atoms with Crippen LogP contribution in [0.5, 0.6) is 0 Å². The fraction of sp³-hybridized carbons (Fsp3) is 0.316. The maximum absolute atomic E-state index is 13.0. The van der Waals surface area contributed by atoms with Gasteiger partial charge in [-0.2, -0.15) is 0 Å². The average molecular weight is 390 g/mol. The van der Waals surface area contributed by atoms with E-state index in [0.717, 1.165) is 42.1 Å². The molecule has 3 aromatic rings. The number of nitrogens with one attached hydrogen (secondary N) is 1. The van der Waals surface area contributed by atoms with Gasteiger partial charge in [0.2, 0.25) is 10.0 Å². The normalized spacial score (nSPS) is 12.1. The summed E-state index contributed by atoms with van der Waals surface area (Å²) in [5, 5.41) is 0. The Kier molecular flexibility index (Phi) is 5.88. The van der Waals surface area contributed by atoms with Crippen molar-refractivity contribution in [1.82, 2.24) is 19.2 Å². The molecule has 0 aliphatic heterocycles. The SMILES string of the molecule is CN(C)CCn1c(CCNS(=O)(=O)c2ccc(F)cc2)nc2ccccc21. The lowest BCUT2D eigenvalue weighted by molar-refractivity contribution is 0.383. The van der Waals surface area contributed by atoms with E-state index in [4.69, 9.17) is 0 Å². The standard InChI is InChI=1S/C19H23FN4O2S/c1-23(2)13-14-24-18-6-4-3-5-17(18)22-19(24)11-12-21-27(25,26)16-9-7-15(20)8-10-16/h3-10,21H,11-14H2,1-2H3. The second kappa shape index (κ2) is 8.16. The predicted molar refractivity (Wildman–Crippen MR) is 104 cm³/mol. The number of hydrogen-bond acceptors (Lipinski definition) is 4. The number of nitrogens with zero attached hydrogens (tertiary/aromatic N) is 3. The van der Waals surface area contributed by atoms with Crippen molar-refractivity contribution in [1.29, 1.82) is 0 Å². The number of benzene rings is 2. The van der Waals surface area contributed by atoms with Gasteiger partial charge in [0.1, 0.15) is 11.6 Å². The molecule has 0 spiro atoms. The summed E-state index contributed by atoms with van der Waals surface area (Å²) in [6, 6.07) is 12.7. The van der Waals surface area contributed by atoms with Crippen molar-refractivity contribution < 1.29 is 12.8 Å². The van der Waals surface area contributed by atoms with Crippen LogP contribution in [0, 0.1) is 5.82 Å². The maximum Gasteiger partial charge on any atom is 0.240 e. The Bertz CT molecular complexity index is 1010. The molecule has 0 aliphatic rings. The molecule has 1 N–H and O–H groups in total. The minimum Gasteiger partial charge on any atom is -0.327 e. The molecule has 1 heterocycles. The lowest BCUT2D eigenvalue weighted by Gasteiger charge is -2.13. The fourth-order valence-corrected chi connectivity index (χ4v) is 3.89. The smallest absolute Gasteiger partial charge is 0.240 e. The second-order valence-electron chi connectivity index (χ2n) is 6.57. The molecule has 1 aromatic heterocycles. The minimum atomic E-state index is -3.68. The lowest BCUT2D eigenvalue weighted by Crippen LogP contribution is -2.27. The highest BCUT2D eigenvalue weighted by atomic mass is 32.2. The number of fused-ring (bicyclic) bond motifs is 1. The monoisotopic (exact) mass is 390 g/mol. The molecule has 0 bridgehead atoms. The van der Waals surface area contributed by atoms with Gasteiger partial charge in [0, 0.05) is 26.1 Å². The van der Waals surface area contributed by atoms with Gasteiger partial charge in [-0.05, 0) is 50.5 Å². The first-order valence-electron chi connectivity index (χ1n) is 8.71. The van der Waals surface area contributed by atoms with Crippen molar-refractivity contribution in [2.24, 2.45) is 0 Å². The largest absolute Gasteiger partial charge is 0.327 e. The molecule has 0 aliphatic carbocycles. The van der Waals surface area contributed by atoms with Crippen LogP contribution in [0.3, 0.4) is 0 Å². The van der Waals surface area contributed by atoms with Gasteiger partial charge in [0.05, 0.1) is 15.9 Å². The first-order chi connectivity index (χ1) is 12.9. The number of para-hydroxylation sites is 2. The van der Waals surface area contributed by atoms with Crippen LogP contribution in [0.15, 0.2) is 53.4 Å². The Labute approximate surface area is 158 Å². The van der Waals surface area contributed by atoms with Crippen molar-refractivity contribution >= 4 is 21.1 Å². The third kappa shape index (κ3) is 4.71. The molecule has 0 fully saturated rings. The van der Waals surface area contributed by atoms with Crippen molar-refractivity contribution in [2.75, 3.05) is 27.2 Å². The van der Waals surface area contributed by atoms with E-state index in [9.17, 15) is 12.8 Å². The summed E-state index contributed by atoms with van der Waals surface area (Å²) < 4.78 is 42.4. The summed E-state index contributed by atoms with van der Waals surface area (Å²) in [4.78, 5) is 6.79. The Hall–Kier alpha value is -2.29. The van der Waals surface area contributed by atoms with E-state index in [-0.39, 0.29) is 11.4 Å². The van der Waals surface area contributed by atoms with E-state index in [0.29, 0.717) is 6.42 Å². The van der Waals surface area contributed by atoms with Gasteiger partial charge in [0.15, 0.2) is 0 Å². The van der Waals surface area contributed by atoms with E-state index in [2.05, 4.69) is 19.2 Å². The van der Waals surface area contributed by atoms with Crippen molar-refractivity contribution in [3.63, 3.8) is 0 Å². The Balaban J connectivity index is 1.74. The highest BCUT2D eigenvalue weighted by Crippen LogP contribution is 2.17. The molecule has 0 saturated heterocycles. The number of aromatic nitrogens is 2. The zero-order chi connectivity index (χ0) is 19.4. The predicted octanol–water partition coefficient (Wildman–Crippen LogP) is 2.26. The molecule has 144 valence electrons. The van der Waals surface area contributed by atoms with Crippen molar-refractivity contribution in [3.05, 3.63) is 60.2 Å². The van der Waals surface area contributed by atoms with E-state index in [1.165, 1.54) is 12.1 Å². The topological polar surface area (TPSA) is 67.2 Å². The van der Waals surface area contributed by atoms with Gasteiger partial charge >= 0.3 is 0 Å². The van der Waals surface area contributed by atoms with Gasteiger partial charge in [0.25, 0.3) is 0 Å². The summed E-state index contributed by atoms with van der Waals surface area (Å²) in [6.45, 7) is 1.84. The summed E-state index contributed by atoms with van der Waals surface area (Å²) in [5.74, 6) is 0.364.